The maximum atomic E-state index is 7.33. The van der Waals surface area contributed by atoms with Crippen LogP contribution < -0.4 is 5.73 Å². The van der Waals surface area contributed by atoms with E-state index < -0.39 is 0 Å². The fourth-order valence-corrected chi connectivity index (χ4v) is 1.68. The number of hydrogen-bond donors (Lipinski definition) is 2. The van der Waals surface area contributed by atoms with Gasteiger partial charge >= 0.3 is 0 Å². The summed E-state index contributed by atoms with van der Waals surface area (Å²) in [5, 5.41) is 7.33. The predicted molar refractivity (Wildman–Crippen MR) is 51.3 cm³/mol. The quantitative estimate of drug-likeness (QED) is 0.479. The molecule has 0 bridgehead atoms. The lowest BCUT2D eigenvalue weighted by Gasteiger charge is -2.24. The van der Waals surface area contributed by atoms with Crippen molar-refractivity contribution in [3.05, 3.63) is 0 Å². The molecule has 70 valence electrons. The third kappa shape index (κ3) is 1.97. The molecule has 3 heteroatoms. The molecule has 1 aliphatic heterocycles. The smallest absolute Gasteiger partial charge is 0.108 e. The van der Waals surface area contributed by atoms with E-state index in [0.29, 0.717) is 5.41 Å². The average molecular weight is 169 g/mol. The standard InChI is InChI=1S/C9H19N3/c1-7(8(10)11)12-5-4-9(2,3)6-12/h7H,4-6H2,1-3H3,(H3,10,11). The summed E-state index contributed by atoms with van der Waals surface area (Å²) >= 11 is 0. The molecule has 0 spiro atoms. The van der Waals surface area contributed by atoms with E-state index in [1.54, 1.807) is 0 Å². The summed E-state index contributed by atoms with van der Waals surface area (Å²) in [6.07, 6.45) is 1.21. The van der Waals surface area contributed by atoms with Crippen molar-refractivity contribution < 1.29 is 0 Å². The van der Waals surface area contributed by atoms with Gasteiger partial charge in [-0.2, -0.15) is 0 Å². The van der Waals surface area contributed by atoms with Crippen LogP contribution in [0, 0.1) is 10.8 Å². The Kier molecular flexibility index (Phi) is 2.42. The molecule has 0 aromatic heterocycles. The average Bonchev–Trinajstić information content (AvgIpc) is 2.28. The summed E-state index contributed by atoms with van der Waals surface area (Å²) in [6, 6.07) is 0.117. The van der Waals surface area contributed by atoms with Gasteiger partial charge in [0.2, 0.25) is 0 Å². The predicted octanol–water partition coefficient (Wildman–Crippen LogP) is 1.04. The van der Waals surface area contributed by atoms with Crippen molar-refractivity contribution in [2.24, 2.45) is 11.1 Å². The van der Waals surface area contributed by atoms with Crippen molar-refractivity contribution in [1.82, 2.24) is 4.90 Å². The van der Waals surface area contributed by atoms with Crippen molar-refractivity contribution >= 4 is 5.84 Å². The van der Waals surface area contributed by atoms with E-state index >= 15 is 0 Å². The van der Waals surface area contributed by atoms with Gasteiger partial charge in [0.05, 0.1) is 6.04 Å². The maximum absolute atomic E-state index is 7.33. The molecule has 0 radical (unpaired) electrons. The molecule has 0 amide bonds. The molecule has 0 aromatic rings. The van der Waals surface area contributed by atoms with E-state index in [9.17, 15) is 0 Å². The summed E-state index contributed by atoms with van der Waals surface area (Å²) in [7, 11) is 0. The van der Waals surface area contributed by atoms with Crippen molar-refractivity contribution in [2.75, 3.05) is 13.1 Å². The van der Waals surface area contributed by atoms with Gasteiger partial charge in [0.25, 0.3) is 0 Å². The van der Waals surface area contributed by atoms with Gasteiger partial charge in [-0.1, -0.05) is 13.8 Å². The Morgan fingerprint density at radius 2 is 2.17 bits per heavy atom. The minimum Gasteiger partial charge on any atom is -0.386 e. The number of likely N-dealkylation sites (tertiary alicyclic amines) is 1. The molecule has 3 N–H and O–H groups in total. The molecule has 0 saturated carbocycles. The minimum absolute atomic E-state index is 0.117. The van der Waals surface area contributed by atoms with E-state index in [2.05, 4.69) is 18.7 Å². The Morgan fingerprint density at radius 1 is 1.58 bits per heavy atom. The Labute approximate surface area is 74.4 Å². The lowest BCUT2D eigenvalue weighted by atomic mass is 9.93. The zero-order valence-corrected chi connectivity index (χ0v) is 8.22. The fraction of sp³-hybridized carbons (Fsp3) is 0.889. The Morgan fingerprint density at radius 3 is 2.50 bits per heavy atom. The van der Waals surface area contributed by atoms with Crippen molar-refractivity contribution in [3.8, 4) is 0 Å². The van der Waals surface area contributed by atoms with E-state index in [1.165, 1.54) is 6.42 Å². The SMILES string of the molecule is CC(C(=N)N)N1CCC(C)(C)C1. The highest BCUT2D eigenvalue weighted by Crippen LogP contribution is 2.29. The van der Waals surface area contributed by atoms with Gasteiger partial charge in [-0.15, -0.1) is 0 Å². The van der Waals surface area contributed by atoms with Gasteiger partial charge in [0.1, 0.15) is 5.84 Å². The van der Waals surface area contributed by atoms with Crippen LogP contribution in [0.3, 0.4) is 0 Å². The van der Waals surface area contributed by atoms with Gasteiger partial charge < -0.3 is 5.73 Å². The minimum atomic E-state index is 0.117. The van der Waals surface area contributed by atoms with Crippen molar-refractivity contribution in [1.29, 1.82) is 5.41 Å². The van der Waals surface area contributed by atoms with E-state index in [-0.39, 0.29) is 11.9 Å². The van der Waals surface area contributed by atoms with Crippen LogP contribution >= 0.6 is 0 Å². The van der Waals surface area contributed by atoms with Crippen LogP contribution in [-0.4, -0.2) is 29.9 Å². The summed E-state index contributed by atoms with van der Waals surface area (Å²) in [6.45, 7) is 8.67. The van der Waals surface area contributed by atoms with Gasteiger partial charge in [-0.25, -0.2) is 0 Å². The van der Waals surface area contributed by atoms with Crippen molar-refractivity contribution in [3.63, 3.8) is 0 Å². The molecule has 1 saturated heterocycles. The number of nitrogens with zero attached hydrogens (tertiary/aromatic N) is 1. The highest BCUT2D eigenvalue weighted by molar-refractivity contribution is 5.82. The monoisotopic (exact) mass is 169 g/mol. The summed E-state index contributed by atoms with van der Waals surface area (Å²) < 4.78 is 0. The number of hydrogen-bond acceptors (Lipinski definition) is 2. The second kappa shape index (κ2) is 3.05. The molecule has 1 heterocycles. The highest BCUT2D eigenvalue weighted by Gasteiger charge is 2.32. The second-order valence-corrected chi connectivity index (χ2v) is 4.52. The molecule has 1 unspecified atom stereocenters. The van der Waals surface area contributed by atoms with Gasteiger partial charge in [0.15, 0.2) is 0 Å². The van der Waals surface area contributed by atoms with E-state index in [1.807, 2.05) is 6.92 Å². The van der Waals surface area contributed by atoms with Gasteiger partial charge in [-0.05, 0) is 25.3 Å². The summed E-state index contributed by atoms with van der Waals surface area (Å²) in [4.78, 5) is 2.28. The number of nitrogens with two attached hydrogens (primary N) is 1. The molecule has 3 nitrogen and oxygen atoms in total. The Balaban J connectivity index is 2.52. The molecule has 1 rings (SSSR count). The molecule has 1 fully saturated rings. The number of amidine groups is 1. The summed E-state index contributed by atoms with van der Waals surface area (Å²) in [5.41, 5.74) is 5.85. The zero-order valence-electron chi connectivity index (χ0n) is 8.22. The molecule has 0 aromatic carbocycles. The van der Waals surface area contributed by atoms with Gasteiger partial charge in [-0.3, -0.25) is 10.3 Å². The van der Waals surface area contributed by atoms with Crippen LogP contribution in [0.15, 0.2) is 0 Å². The Bertz CT molecular complexity index is 186. The van der Waals surface area contributed by atoms with Crippen molar-refractivity contribution in [2.45, 2.75) is 33.2 Å². The fourth-order valence-electron chi connectivity index (χ4n) is 1.68. The third-order valence-electron chi connectivity index (χ3n) is 2.70. The topological polar surface area (TPSA) is 53.1 Å². The summed E-state index contributed by atoms with van der Waals surface area (Å²) in [5.74, 6) is 0.285. The lowest BCUT2D eigenvalue weighted by Crippen LogP contribution is -2.41. The second-order valence-electron chi connectivity index (χ2n) is 4.52. The molecular weight excluding hydrogens is 150 g/mol. The third-order valence-corrected chi connectivity index (χ3v) is 2.70. The normalized spacial score (nSPS) is 25.6. The largest absolute Gasteiger partial charge is 0.386 e. The Hall–Kier alpha value is -0.570. The van der Waals surface area contributed by atoms with Crippen LogP contribution in [-0.2, 0) is 0 Å². The maximum Gasteiger partial charge on any atom is 0.108 e. The van der Waals surface area contributed by atoms with Crippen LogP contribution in [0.4, 0.5) is 0 Å². The first kappa shape index (κ1) is 9.52. The first-order chi connectivity index (χ1) is 5.42. The highest BCUT2D eigenvalue weighted by atomic mass is 15.2. The van der Waals surface area contributed by atoms with Crippen LogP contribution in [0.25, 0.3) is 0 Å². The molecule has 1 aliphatic rings. The lowest BCUT2D eigenvalue weighted by molar-refractivity contribution is 0.271. The van der Waals surface area contributed by atoms with E-state index in [4.69, 9.17) is 11.1 Å². The molecule has 12 heavy (non-hydrogen) atoms. The number of rotatable bonds is 2. The number of nitrogens with one attached hydrogen (secondary N) is 1. The molecule has 1 atom stereocenters. The van der Waals surface area contributed by atoms with Gasteiger partial charge in [0, 0.05) is 6.54 Å². The molecular formula is C9H19N3. The van der Waals surface area contributed by atoms with Crippen LogP contribution in [0.5, 0.6) is 0 Å². The van der Waals surface area contributed by atoms with Crippen LogP contribution in [0.2, 0.25) is 0 Å². The van der Waals surface area contributed by atoms with E-state index in [0.717, 1.165) is 13.1 Å². The van der Waals surface area contributed by atoms with Crippen LogP contribution in [0.1, 0.15) is 27.2 Å². The first-order valence-corrected chi connectivity index (χ1v) is 4.50. The molecule has 0 aliphatic carbocycles. The zero-order chi connectivity index (χ0) is 9.35. The first-order valence-electron chi connectivity index (χ1n) is 4.50.